The SMILES string of the molecule is CCOC(=O)CC(C)C(C)Oc1ccc(OCc2ccc(C(F)(F)F)cc2)cc1. The van der Waals surface area contributed by atoms with E-state index in [0.717, 1.165) is 12.1 Å². The third-order valence-electron chi connectivity index (χ3n) is 4.43. The summed E-state index contributed by atoms with van der Waals surface area (Å²) in [5.41, 5.74) is -0.0474. The molecule has 2 aromatic rings. The summed E-state index contributed by atoms with van der Waals surface area (Å²) < 4.78 is 54.1. The van der Waals surface area contributed by atoms with Crippen LogP contribution in [0.25, 0.3) is 0 Å². The second-order valence-corrected chi connectivity index (χ2v) is 6.76. The number of rotatable bonds is 9. The third kappa shape index (κ3) is 7.33. The molecule has 0 aliphatic carbocycles. The van der Waals surface area contributed by atoms with Gasteiger partial charge in [0.05, 0.1) is 24.7 Å². The van der Waals surface area contributed by atoms with Gasteiger partial charge in [-0.3, -0.25) is 4.79 Å². The highest BCUT2D eigenvalue weighted by atomic mass is 19.4. The van der Waals surface area contributed by atoms with E-state index in [1.807, 2.05) is 13.8 Å². The van der Waals surface area contributed by atoms with Crippen LogP contribution in [0.15, 0.2) is 48.5 Å². The zero-order valence-electron chi connectivity index (χ0n) is 16.7. The van der Waals surface area contributed by atoms with Gasteiger partial charge in [0.1, 0.15) is 18.1 Å². The maximum Gasteiger partial charge on any atom is 0.416 e. The first-order chi connectivity index (χ1) is 13.7. The fourth-order valence-corrected chi connectivity index (χ4v) is 2.55. The van der Waals surface area contributed by atoms with Crippen LogP contribution in [0, 0.1) is 5.92 Å². The van der Waals surface area contributed by atoms with E-state index in [4.69, 9.17) is 14.2 Å². The monoisotopic (exact) mass is 410 g/mol. The summed E-state index contributed by atoms with van der Waals surface area (Å²) in [6.07, 6.45) is -4.25. The molecule has 29 heavy (non-hydrogen) atoms. The number of carbonyl (C=O) groups is 1. The van der Waals surface area contributed by atoms with Crippen molar-refractivity contribution >= 4 is 5.97 Å². The van der Waals surface area contributed by atoms with Crippen LogP contribution in [0.3, 0.4) is 0 Å². The van der Waals surface area contributed by atoms with Gasteiger partial charge in [0, 0.05) is 5.92 Å². The minimum atomic E-state index is -4.35. The van der Waals surface area contributed by atoms with Gasteiger partial charge >= 0.3 is 12.1 Å². The summed E-state index contributed by atoms with van der Waals surface area (Å²) in [7, 11) is 0. The number of benzene rings is 2. The molecule has 0 fully saturated rings. The average Bonchev–Trinajstić information content (AvgIpc) is 2.67. The van der Waals surface area contributed by atoms with Gasteiger partial charge in [0.2, 0.25) is 0 Å². The Morgan fingerprint density at radius 1 is 0.966 bits per heavy atom. The van der Waals surface area contributed by atoms with Gasteiger partial charge in [-0.1, -0.05) is 19.1 Å². The molecule has 0 saturated heterocycles. The maximum absolute atomic E-state index is 12.6. The van der Waals surface area contributed by atoms with Crippen molar-refractivity contribution in [2.24, 2.45) is 5.92 Å². The number of hydrogen-bond acceptors (Lipinski definition) is 4. The molecule has 158 valence electrons. The molecule has 0 aliphatic rings. The van der Waals surface area contributed by atoms with Crippen LogP contribution in [-0.4, -0.2) is 18.7 Å². The summed E-state index contributed by atoms with van der Waals surface area (Å²) >= 11 is 0. The minimum Gasteiger partial charge on any atom is -0.490 e. The molecule has 4 nitrogen and oxygen atoms in total. The number of esters is 1. The lowest BCUT2D eigenvalue weighted by atomic mass is 10.0. The molecule has 0 spiro atoms. The van der Waals surface area contributed by atoms with E-state index in [-0.39, 0.29) is 31.0 Å². The van der Waals surface area contributed by atoms with Crippen LogP contribution < -0.4 is 9.47 Å². The number of alkyl halides is 3. The van der Waals surface area contributed by atoms with Crippen molar-refractivity contribution in [1.29, 1.82) is 0 Å². The molecule has 0 amide bonds. The summed E-state index contributed by atoms with van der Waals surface area (Å²) in [5.74, 6) is 0.951. The normalized spacial score (nSPS) is 13.4. The van der Waals surface area contributed by atoms with Crippen LogP contribution in [0.2, 0.25) is 0 Å². The summed E-state index contributed by atoms with van der Waals surface area (Å²) in [4.78, 5) is 11.6. The number of hydrogen-bond donors (Lipinski definition) is 0. The van der Waals surface area contributed by atoms with Crippen LogP contribution >= 0.6 is 0 Å². The molecule has 0 aliphatic heterocycles. The lowest BCUT2D eigenvalue weighted by Gasteiger charge is -2.21. The Labute approximate surface area is 168 Å². The average molecular weight is 410 g/mol. The molecule has 0 saturated carbocycles. The molecule has 2 aromatic carbocycles. The molecular formula is C22H25F3O4. The van der Waals surface area contributed by atoms with Gasteiger partial charge < -0.3 is 14.2 Å². The topological polar surface area (TPSA) is 44.8 Å². The Balaban J connectivity index is 1.84. The van der Waals surface area contributed by atoms with Crippen molar-refractivity contribution in [3.05, 3.63) is 59.7 Å². The summed E-state index contributed by atoms with van der Waals surface area (Å²) in [6, 6.07) is 11.8. The van der Waals surface area contributed by atoms with Crippen molar-refractivity contribution in [2.75, 3.05) is 6.61 Å². The quantitative estimate of drug-likeness (QED) is 0.502. The van der Waals surface area contributed by atoms with Gasteiger partial charge in [0.15, 0.2) is 0 Å². The lowest BCUT2D eigenvalue weighted by molar-refractivity contribution is -0.144. The highest BCUT2D eigenvalue weighted by Crippen LogP contribution is 2.29. The van der Waals surface area contributed by atoms with Gasteiger partial charge in [-0.05, 0) is 55.8 Å². The predicted octanol–water partition coefficient (Wildman–Crippen LogP) is 5.64. The van der Waals surface area contributed by atoms with Crippen molar-refractivity contribution in [3.63, 3.8) is 0 Å². The summed E-state index contributed by atoms with van der Waals surface area (Å²) in [5, 5.41) is 0. The number of ether oxygens (including phenoxy) is 3. The van der Waals surface area contributed by atoms with Crippen molar-refractivity contribution < 1.29 is 32.2 Å². The first-order valence-corrected chi connectivity index (χ1v) is 9.40. The smallest absolute Gasteiger partial charge is 0.416 e. The molecule has 0 bridgehead atoms. The largest absolute Gasteiger partial charge is 0.490 e. The van der Waals surface area contributed by atoms with Crippen LogP contribution in [0.4, 0.5) is 13.2 Å². The number of carbonyl (C=O) groups excluding carboxylic acids is 1. The first kappa shape index (κ1) is 22.6. The standard InChI is InChI=1S/C22H25F3O4/c1-4-27-21(26)13-15(2)16(3)29-20-11-9-19(10-12-20)28-14-17-5-7-18(8-6-17)22(23,24)25/h5-12,15-16H,4,13-14H2,1-3H3. The Kier molecular flexibility index (Phi) is 7.93. The van der Waals surface area contributed by atoms with E-state index >= 15 is 0 Å². The zero-order chi connectivity index (χ0) is 21.4. The fraction of sp³-hybridized carbons (Fsp3) is 0.409. The van der Waals surface area contributed by atoms with E-state index in [1.165, 1.54) is 12.1 Å². The predicted molar refractivity (Wildman–Crippen MR) is 103 cm³/mol. The van der Waals surface area contributed by atoms with E-state index < -0.39 is 11.7 Å². The number of halogens is 3. The third-order valence-corrected chi connectivity index (χ3v) is 4.43. The van der Waals surface area contributed by atoms with Crippen LogP contribution in [-0.2, 0) is 22.3 Å². The highest BCUT2D eigenvalue weighted by molar-refractivity contribution is 5.69. The highest BCUT2D eigenvalue weighted by Gasteiger charge is 2.29. The fourth-order valence-electron chi connectivity index (χ4n) is 2.55. The molecule has 2 rings (SSSR count). The Morgan fingerprint density at radius 2 is 1.55 bits per heavy atom. The van der Waals surface area contributed by atoms with Crippen molar-refractivity contribution in [3.8, 4) is 11.5 Å². The molecule has 0 N–H and O–H groups in total. The molecule has 0 radical (unpaired) electrons. The van der Waals surface area contributed by atoms with Crippen LogP contribution in [0.1, 0.15) is 38.3 Å². The second kappa shape index (κ2) is 10.2. The lowest BCUT2D eigenvalue weighted by Crippen LogP contribution is -2.24. The molecule has 7 heteroatoms. The van der Waals surface area contributed by atoms with Crippen LogP contribution in [0.5, 0.6) is 11.5 Å². The minimum absolute atomic E-state index is 0.00959. The maximum atomic E-state index is 12.6. The van der Waals surface area contributed by atoms with E-state index in [2.05, 4.69) is 0 Å². The summed E-state index contributed by atoms with van der Waals surface area (Å²) in [6.45, 7) is 6.09. The van der Waals surface area contributed by atoms with Crippen molar-refractivity contribution in [2.45, 2.75) is 46.1 Å². The first-order valence-electron chi connectivity index (χ1n) is 9.40. The molecule has 2 atom stereocenters. The van der Waals surface area contributed by atoms with Crippen molar-refractivity contribution in [1.82, 2.24) is 0 Å². The molecular weight excluding hydrogens is 385 g/mol. The van der Waals surface area contributed by atoms with E-state index in [1.54, 1.807) is 31.2 Å². The Hall–Kier alpha value is -2.70. The van der Waals surface area contributed by atoms with Gasteiger partial charge in [-0.15, -0.1) is 0 Å². The molecule has 0 heterocycles. The zero-order valence-corrected chi connectivity index (χ0v) is 16.7. The van der Waals surface area contributed by atoms with Gasteiger partial charge in [-0.2, -0.15) is 13.2 Å². The Bertz CT molecular complexity index is 770. The Morgan fingerprint density at radius 3 is 2.10 bits per heavy atom. The molecule has 0 aromatic heterocycles. The van der Waals surface area contributed by atoms with Gasteiger partial charge in [-0.25, -0.2) is 0 Å². The van der Waals surface area contributed by atoms with E-state index in [0.29, 0.717) is 23.7 Å². The molecule has 2 unspecified atom stereocenters. The van der Waals surface area contributed by atoms with Gasteiger partial charge in [0.25, 0.3) is 0 Å². The van der Waals surface area contributed by atoms with E-state index in [9.17, 15) is 18.0 Å². The second-order valence-electron chi connectivity index (χ2n) is 6.76.